The summed E-state index contributed by atoms with van der Waals surface area (Å²) in [4.78, 5) is 11.7. The number of benzene rings is 1. The van der Waals surface area contributed by atoms with Crippen LogP contribution in [-0.4, -0.2) is 47.8 Å². The molecule has 0 amide bonds. The predicted molar refractivity (Wildman–Crippen MR) is 87.1 cm³/mol. The number of anilines is 1. The first-order valence-corrected chi connectivity index (χ1v) is 8.25. The van der Waals surface area contributed by atoms with E-state index in [4.69, 9.17) is 9.47 Å². The Hall–Kier alpha value is -2.55. The zero-order chi connectivity index (χ0) is 18.1. The third kappa shape index (κ3) is 3.52. The highest BCUT2D eigenvalue weighted by molar-refractivity contribution is 5.44. The number of nitrogens with zero attached hydrogens (tertiary/aromatic N) is 4. The molecule has 9 heteroatoms. The van der Waals surface area contributed by atoms with Gasteiger partial charge in [0.1, 0.15) is 5.69 Å². The molecule has 2 aliphatic rings. The van der Waals surface area contributed by atoms with Crippen LogP contribution in [0, 0.1) is 0 Å². The molecule has 3 heterocycles. The third-order valence-electron chi connectivity index (χ3n) is 4.43. The summed E-state index contributed by atoms with van der Waals surface area (Å²) in [6.45, 7) is 3.57. The molecule has 0 aliphatic carbocycles. The Morgan fingerprint density at radius 3 is 2.54 bits per heavy atom. The second-order valence-corrected chi connectivity index (χ2v) is 6.19. The van der Waals surface area contributed by atoms with E-state index in [-0.39, 0.29) is 12.7 Å². The van der Waals surface area contributed by atoms with E-state index in [9.17, 15) is 13.2 Å². The Balaban J connectivity index is 1.37. The molecular weight excluding hydrogens is 349 g/mol. The number of hydrogen-bond acceptors (Lipinski definition) is 6. The lowest BCUT2D eigenvalue weighted by atomic mass is 10.1. The van der Waals surface area contributed by atoms with E-state index in [2.05, 4.69) is 14.9 Å². The van der Waals surface area contributed by atoms with Crippen molar-refractivity contribution in [1.29, 1.82) is 0 Å². The molecule has 0 unspecified atom stereocenters. The summed E-state index contributed by atoms with van der Waals surface area (Å²) in [6, 6.07) is 6.74. The average Bonchev–Trinajstić information content (AvgIpc) is 3.10. The monoisotopic (exact) mass is 366 g/mol. The summed E-state index contributed by atoms with van der Waals surface area (Å²) in [5, 5.41) is 0. The second-order valence-electron chi connectivity index (χ2n) is 6.19. The number of alkyl halides is 3. The minimum absolute atomic E-state index is 0.127. The van der Waals surface area contributed by atoms with Gasteiger partial charge in [0.25, 0.3) is 0 Å². The van der Waals surface area contributed by atoms with Gasteiger partial charge < -0.3 is 14.4 Å². The molecule has 1 aromatic heterocycles. The molecule has 2 aromatic rings. The van der Waals surface area contributed by atoms with Crippen LogP contribution >= 0.6 is 0 Å². The summed E-state index contributed by atoms with van der Waals surface area (Å²) in [6.07, 6.45) is -3.30. The summed E-state index contributed by atoms with van der Waals surface area (Å²) >= 11 is 0. The first kappa shape index (κ1) is 16.9. The highest BCUT2D eigenvalue weighted by atomic mass is 19.4. The Bertz CT molecular complexity index is 792. The minimum Gasteiger partial charge on any atom is -0.454 e. The lowest BCUT2D eigenvalue weighted by molar-refractivity contribution is -0.141. The summed E-state index contributed by atoms with van der Waals surface area (Å²) < 4.78 is 49.1. The number of rotatable bonds is 3. The van der Waals surface area contributed by atoms with Crippen molar-refractivity contribution in [3.05, 3.63) is 41.7 Å². The molecule has 2 aliphatic heterocycles. The van der Waals surface area contributed by atoms with Crippen molar-refractivity contribution in [2.75, 3.05) is 37.9 Å². The maximum Gasteiger partial charge on any atom is 0.433 e. The Morgan fingerprint density at radius 1 is 1.00 bits per heavy atom. The SMILES string of the molecule is FC(F)(F)c1ccnc(N2CCN(Cc3ccc4c(c3)OCO4)CC2)n1. The van der Waals surface area contributed by atoms with Gasteiger partial charge in [-0.05, 0) is 23.8 Å². The van der Waals surface area contributed by atoms with Crippen molar-refractivity contribution in [2.24, 2.45) is 0 Å². The fourth-order valence-electron chi connectivity index (χ4n) is 3.06. The van der Waals surface area contributed by atoms with E-state index in [1.165, 1.54) is 0 Å². The molecule has 0 N–H and O–H groups in total. The minimum atomic E-state index is -4.46. The number of ether oxygens (including phenoxy) is 2. The normalized spacial score (nSPS) is 17.6. The van der Waals surface area contributed by atoms with Crippen LogP contribution < -0.4 is 14.4 Å². The van der Waals surface area contributed by atoms with Gasteiger partial charge in [-0.1, -0.05) is 6.07 Å². The van der Waals surface area contributed by atoms with Crippen molar-refractivity contribution in [2.45, 2.75) is 12.7 Å². The largest absolute Gasteiger partial charge is 0.454 e. The second kappa shape index (κ2) is 6.64. The van der Waals surface area contributed by atoms with Gasteiger partial charge in [-0.2, -0.15) is 13.2 Å². The van der Waals surface area contributed by atoms with Gasteiger partial charge in [0.2, 0.25) is 12.7 Å². The van der Waals surface area contributed by atoms with E-state index >= 15 is 0 Å². The van der Waals surface area contributed by atoms with Gasteiger partial charge in [-0.3, -0.25) is 4.90 Å². The smallest absolute Gasteiger partial charge is 0.433 e. The molecule has 0 atom stereocenters. The van der Waals surface area contributed by atoms with Crippen LogP contribution in [0.25, 0.3) is 0 Å². The van der Waals surface area contributed by atoms with Crippen LogP contribution in [0.5, 0.6) is 11.5 Å². The number of fused-ring (bicyclic) bond motifs is 1. The van der Waals surface area contributed by atoms with Crippen molar-refractivity contribution >= 4 is 5.95 Å². The van der Waals surface area contributed by atoms with Gasteiger partial charge in [-0.15, -0.1) is 0 Å². The summed E-state index contributed by atoms with van der Waals surface area (Å²) in [7, 11) is 0. The fourth-order valence-corrected chi connectivity index (χ4v) is 3.06. The molecule has 0 spiro atoms. The summed E-state index contributed by atoms with van der Waals surface area (Å²) in [5.41, 5.74) is 0.198. The van der Waals surface area contributed by atoms with E-state index in [0.717, 1.165) is 35.9 Å². The van der Waals surface area contributed by atoms with Crippen molar-refractivity contribution in [3.63, 3.8) is 0 Å². The number of aromatic nitrogens is 2. The Morgan fingerprint density at radius 2 is 1.77 bits per heavy atom. The molecule has 1 aromatic carbocycles. The predicted octanol–water partition coefficient (Wildman–Crippen LogP) is 2.55. The first-order valence-electron chi connectivity index (χ1n) is 8.25. The molecular formula is C17H17F3N4O2. The summed E-state index contributed by atoms with van der Waals surface area (Å²) in [5.74, 6) is 1.63. The van der Waals surface area contributed by atoms with Crippen molar-refractivity contribution < 1.29 is 22.6 Å². The molecule has 1 saturated heterocycles. The van der Waals surface area contributed by atoms with Crippen LogP contribution in [0.3, 0.4) is 0 Å². The number of halogens is 3. The van der Waals surface area contributed by atoms with Gasteiger partial charge in [0.05, 0.1) is 0 Å². The third-order valence-corrected chi connectivity index (χ3v) is 4.43. The highest BCUT2D eigenvalue weighted by Gasteiger charge is 2.33. The first-order chi connectivity index (χ1) is 12.5. The van der Waals surface area contributed by atoms with Gasteiger partial charge in [0.15, 0.2) is 11.5 Å². The zero-order valence-electron chi connectivity index (χ0n) is 13.9. The molecule has 1 fully saturated rings. The van der Waals surface area contributed by atoms with Crippen LogP contribution in [0.2, 0.25) is 0 Å². The molecule has 138 valence electrons. The standard InChI is InChI=1S/C17H17F3N4O2/c18-17(19,20)15-3-4-21-16(22-15)24-7-5-23(6-8-24)10-12-1-2-13-14(9-12)26-11-25-13/h1-4,9H,5-8,10-11H2. The molecule has 0 saturated carbocycles. The number of piperazine rings is 1. The van der Waals surface area contributed by atoms with E-state index in [1.807, 2.05) is 18.2 Å². The van der Waals surface area contributed by atoms with Gasteiger partial charge >= 0.3 is 6.18 Å². The van der Waals surface area contributed by atoms with E-state index in [0.29, 0.717) is 26.2 Å². The van der Waals surface area contributed by atoms with E-state index in [1.54, 1.807) is 4.90 Å². The van der Waals surface area contributed by atoms with Crippen LogP contribution in [0.1, 0.15) is 11.3 Å². The fraction of sp³-hybridized carbons (Fsp3) is 0.412. The lowest BCUT2D eigenvalue weighted by Crippen LogP contribution is -2.46. The maximum atomic E-state index is 12.8. The average molecular weight is 366 g/mol. The molecule has 4 rings (SSSR count). The van der Waals surface area contributed by atoms with Gasteiger partial charge in [-0.25, -0.2) is 9.97 Å². The maximum absolute atomic E-state index is 12.8. The quantitative estimate of drug-likeness (QED) is 0.832. The van der Waals surface area contributed by atoms with Gasteiger partial charge in [0, 0.05) is 38.9 Å². The topological polar surface area (TPSA) is 50.7 Å². The van der Waals surface area contributed by atoms with Crippen molar-refractivity contribution in [3.8, 4) is 11.5 Å². The molecule has 26 heavy (non-hydrogen) atoms. The van der Waals surface area contributed by atoms with Crippen LogP contribution in [-0.2, 0) is 12.7 Å². The Labute approximate surface area is 148 Å². The van der Waals surface area contributed by atoms with Crippen LogP contribution in [0.4, 0.5) is 19.1 Å². The van der Waals surface area contributed by atoms with Crippen LogP contribution in [0.15, 0.2) is 30.5 Å². The highest BCUT2D eigenvalue weighted by Crippen LogP contribution is 2.33. The van der Waals surface area contributed by atoms with Crippen molar-refractivity contribution in [1.82, 2.24) is 14.9 Å². The molecule has 0 radical (unpaired) electrons. The van der Waals surface area contributed by atoms with E-state index < -0.39 is 11.9 Å². The molecule has 0 bridgehead atoms. The Kier molecular flexibility index (Phi) is 4.31. The lowest BCUT2D eigenvalue weighted by Gasteiger charge is -2.34. The zero-order valence-corrected chi connectivity index (χ0v) is 13.9. The number of hydrogen-bond donors (Lipinski definition) is 0. The molecule has 6 nitrogen and oxygen atoms in total.